The first kappa shape index (κ1) is 11.6. The number of hydrogen-bond donors (Lipinski definition) is 0. The molecule has 0 spiro atoms. The average molecular weight is 221 g/mol. The quantitative estimate of drug-likeness (QED) is 0.563. The third-order valence-electron chi connectivity index (χ3n) is 1.75. The van der Waals surface area contributed by atoms with E-state index < -0.39 is 0 Å². The van der Waals surface area contributed by atoms with Crippen molar-refractivity contribution < 1.29 is 9.53 Å². The lowest BCUT2D eigenvalue weighted by molar-refractivity contribution is -0.140. The number of ether oxygens (including phenoxy) is 1. The lowest BCUT2D eigenvalue weighted by Gasteiger charge is -2.02. The molecule has 0 unspecified atom stereocenters. The minimum absolute atomic E-state index is 0.102. The predicted molar refractivity (Wildman–Crippen MR) is 59.2 cm³/mol. The van der Waals surface area contributed by atoms with Gasteiger partial charge in [0, 0.05) is 6.42 Å². The van der Waals surface area contributed by atoms with Crippen LogP contribution in [0.15, 0.2) is 30.3 Å². The van der Waals surface area contributed by atoms with Gasteiger partial charge in [0.1, 0.15) is 11.2 Å². The lowest BCUT2D eigenvalue weighted by atomic mass is 10.2. The molecule has 15 heavy (non-hydrogen) atoms. The Hall–Kier alpha value is -1.47. The van der Waals surface area contributed by atoms with Crippen LogP contribution in [0, 0.1) is 10.7 Å². The van der Waals surface area contributed by atoms with Crippen LogP contribution in [-0.2, 0) is 16.0 Å². The van der Waals surface area contributed by atoms with E-state index in [9.17, 15) is 4.79 Å². The van der Waals surface area contributed by atoms with Crippen LogP contribution in [0.3, 0.4) is 0 Å². The Morgan fingerprint density at radius 1 is 1.40 bits per heavy atom. The summed E-state index contributed by atoms with van der Waals surface area (Å²) in [6, 6.07) is 9.81. The van der Waals surface area contributed by atoms with Gasteiger partial charge < -0.3 is 4.74 Å². The Kier molecular flexibility index (Phi) is 5.34. The minimum Gasteiger partial charge on any atom is -0.465 e. The van der Waals surface area contributed by atoms with Crippen LogP contribution < -0.4 is 0 Å². The standard InChI is InChI=1S/C11H11NO2S/c12-9-15-8-11(13)14-7-6-10-4-2-1-3-5-10/h1-5H,6-8H2. The average Bonchev–Trinajstić information content (AvgIpc) is 2.28. The molecule has 3 nitrogen and oxygen atoms in total. The Balaban J connectivity index is 2.17. The van der Waals surface area contributed by atoms with Crippen LogP contribution in [0.1, 0.15) is 5.56 Å². The molecule has 78 valence electrons. The van der Waals surface area contributed by atoms with E-state index >= 15 is 0 Å². The van der Waals surface area contributed by atoms with Crippen molar-refractivity contribution >= 4 is 17.7 Å². The molecule has 1 rings (SSSR count). The van der Waals surface area contributed by atoms with Crippen LogP contribution >= 0.6 is 11.8 Å². The summed E-state index contributed by atoms with van der Waals surface area (Å²) in [5, 5.41) is 10.0. The van der Waals surface area contributed by atoms with Gasteiger partial charge in [0.2, 0.25) is 0 Å². The maximum absolute atomic E-state index is 11.0. The number of carbonyl (C=O) groups excluding carboxylic acids is 1. The van der Waals surface area contributed by atoms with E-state index in [4.69, 9.17) is 10.00 Å². The highest BCUT2D eigenvalue weighted by atomic mass is 32.2. The summed E-state index contributed by atoms with van der Waals surface area (Å²) in [5.74, 6) is -0.233. The molecule has 1 aromatic carbocycles. The minimum atomic E-state index is -0.336. The molecule has 1 aromatic rings. The summed E-state index contributed by atoms with van der Waals surface area (Å²) in [6.07, 6.45) is 0.712. The Morgan fingerprint density at radius 2 is 2.13 bits per heavy atom. The normalized spacial score (nSPS) is 9.27. The first-order chi connectivity index (χ1) is 7.33. The zero-order chi connectivity index (χ0) is 10.9. The van der Waals surface area contributed by atoms with Crippen LogP contribution in [0.4, 0.5) is 0 Å². The van der Waals surface area contributed by atoms with Gasteiger partial charge in [-0.25, -0.2) is 0 Å². The fraction of sp³-hybridized carbons (Fsp3) is 0.273. The maximum Gasteiger partial charge on any atom is 0.316 e. The van der Waals surface area contributed by atoms with Gasteiger partial charge in [-0.3, -0.25) is 4.79 Å². The van der Waals surface area contributed by atoms with Crippen molar-refractivity contribution in [1.29, 1.82) is 5.26 Å². The van der Waals surface area contributed by atoms with E-state index in [2.05, 4.69) is 0 Å². The highest BCUT2D eigenvalue weighted by molar-refractivity contribution is 8.04. The second-order valence-electron chi connectivity index (χ2n) is 2.84. The van der Waals surface area contributed by atoms with Crippen LogP contribution in [0.25, 0.3) is 0 Å². The van der Waals surface area contributed by atoms with Crippen LogP contribution in [0.5, 0.6) is 0 Å². The van der Waals surface area contributed by atoms with Crippen molar-refractivity contribution in [3.63, 3.8) is 0 Å². The predicted octanol–water partition coefficient (Wildman–Crippen LogP) is 1.99. The molecule has 0 atom stereocenters. The number of thioether (sulfide) groups is 1. The summed E-state index contributed by atoms with van der Waals surface area (Å²) >= 11 is 0.893. The third-order valence-corrected chi connectivity index (χ3v) is 2.26. The number of esters is 1. The highest BCUT2D eigenvalue weighted by Gasteiger charge is 2.02. The third kappa shape index (κ3) is 5.08. The Labute approximate surface area is 93.0 Å². The van der Waals surface area contributed by atoms with E-state index in [1.54, 1.807) is 0 Å². The molecule has 0 aliphatic heterocycles. The number of hydrogen-bond acceptors (Lipinski definition) is 4. The largest absolute Gasteiger partial charge is 0.465 e. The van der Waals surface area contributed by atoms with E-state index in [1.807, 2.05) is 35.7 Å². The van der Waals surface area contributed by atoms with Crippen molar-refractivity contribution in [2.75, 3.05) is 12.4 Å². The van der Waals surface area contributed by atoms with Crippen LogP contribution in [-0.4, -0.2) is 18.3 Å². The van der Waals surface area contributed by atoms with Gasteiger partial charge in [-0.2, -0.15) is 5.26 Å². The molecule has 0 saturated carbocycles. The van der Waals surface area contributed by atoms with Gasteiger partial charge in [0.05, 0.1) is 6.61 Å². The number of rotatable bonds is 5. The monoisotopic (exact) mass is 221 g/mol. The molecule has 0 fully saturated rings. The van der Waals surface area contributed by atoms with Crippen molar-refractivity contribution in [2.45, 2.75) is 6.42 Å². The fourth-order valence-corrected chi connectivity index (χ4v) is 1.33. The molecule has 0 aromatic heterocycles. The summed E-state index contributed by atoms with van der Waals surface area (Å²) in [6.45, 7) is 0.370. The SMILES string of the molecule is N#CSCC(=O)OCCc1ccccc1. The number of thiocyanates is 1. The summed E-state index contributed by atoms with van der Waals surface area (Å²) in [5.41, 5.74) is 1.14. The van der Waals surface area contributed by atoms with E-state index in [0.717, 1.165) is 17.3 Å². The second-order valence-corrected chi connectivity index (χ2v) is 3.60. The smallest absolute Gasteiger partial charge is 0.316 e. The van der Waals surface area contributed by atoms with Crippen LogP contribution in [0.2, 0.25) is 0 Å². The molecule has 0 N–H and O–H groups in total. The molecule has 4 heteroatoms. The highest BCUT2D eigenvalue weighted by Crippen LogP contribution is 2.01. The number of nitriles is 1. The molecular weight excluding hydrogens is 210 g/mol. The molecule has 0 heterocycles. The maximum atomic E-state index is 11.0. The van der Waals surface area contributed by atoms with Gasteiger partial charge >= 0.3 is 5.97 Å². The lowest BCUT2D eigenvalue weighted by Crippen LogP contribution is -2.09. The van der Waals surface area contributed by atoms with Gasteiger partial charge in [-0.1, -0.05) is 30.3 Å². The van der Waals surface area contributed by atoms with Crippen molar-refractivity contribution in [1.82, 2.24) is 0 Å². The molecule has 0 radical (unpaired) electrons. The number of benzene rings is 1. The molecule has 0 amide bonds. The molecule has 0 saturated heterocycles. The zero-order valence-electron chi connectivity index (χ0n) is 8.18. The molecule has 0 aliphatic rings. The summed E-state index contributed by atoms with van der Waals surface area (Å²) in [7, 11) is 0. The van der Waals surface area contributed by atoms with Crippen molar-refractivity contribution in [3.8, 4) is 5.40 Å². The zero-order valence-corrected chi connectivity index (χ0v) is 9.00. The summed E-state index contributed by atoms with van der Waals surface area (Å²) < 4.78 is 4.94. The van der Waals surface area contributed by atoms with Gasteiger partial charge in [-0.15, -0.1) is 0 Å². The first-order valence-corrected chi connectivity index (χ1v) is 5.52. The topological polar surface area (TPSA) is 50.1 Å². The second kappa shape index (κ2) is 6.91. The van der Waals surface area contributed by atoms with E-state index in [1.165, 1.54) is 0 Å². The van der Waals surface area contributed by atoms with Gasteiger partial charge in [-0.05, 0) is 17.3 Å². The van der Waals surface area contributed by atoms with Crippen molar-refractivity contribution in [3.05, 3.63) is 35.9 Å². The number of carbonyl (C=O) groups is 1. The summed E-state index contributed by atoms with van der Waals surface area (Å²) in [4.78, 5) is 11.0. The first-order valence-electron chi connectivity index (χ1n) is 4.53. The van der Waals surface area contributed by atoms with E-state index in [0.29, 0.717) is 13.0 Å². The van der Waals surface area contributed by atoms with Gasteiger partial charge in [0.15, 0.2) is 0 Å². The Bertz CT molecular complexity index is 345. The van der Waals surface area contributed by atoms with E-state index in [-0.39, 0.29) is 11.7 Å². The van der Waals surface area contributed by atoms with Crippen molar-refractivity contribution in [2.24, 2.45) is 0 Å². The number of nitrogens with zero attached hydrogens (tertiary/aromatic N) is 1. The molecule has 0 bridgehead atoms. The van der Waals surface area contributed by atoms with Gasteiger partial charge in [0.25, 0.3) is 0 Å². The fourth-order valence-electron chi connectivity index (χ4n) is 1.06. The Morgan fingerprint density at radius 3 is 2.80 bits per heavy atom. The molecule has 0 aliphatic carbocycles. The molecular formula is C11H11NO2S.